The fourth-order valence-corrected chi connectivity index (χ4v) is 1.99. The van der Waals surface area contributed by atoms with E-state index in [9.17, 15) is 0 Å². The van der Waals surface area contributed by atoms with E-state index in [-0.39, 0.29) is 0 Å². The second kappa shape index (κ2) is 4.61. The first-order chi connectivity index (χ1) is 7.28. The molecule has 1 aliphatic heterocycles. The van der Waals surface area contributed by atoms with Crippen molar-refractivity contribution in [1.29, 1.82) is 0 Å². The lowest BCUT2D eigenvalue weighted by Gasteiger charge is -2.31. The van der Waals surface area contributed by atoms with Crippen LogP contribution in [0.1, 0.15) is 25.6 Å². The maximum Gasteiger partial charge on any atom is 0.321 e. The van der Waals surface area contributed by atoms with Crippen molar-refractivity contribution in [2.45, 2.75) is 32.7 Å². The highest BCUT2D eigenvalue weighted by Crippen LogP contribution is 2.14. The van der Waals surface area contributed by atoms with Crippen molar-refractivity contribution >= 4 is 6.01 Å². The van der Waals surface area contributed by atoms with Gasteiger partial charge >= 0.3 is 6.01 Å². The van der Waals surface area contributed by atoms with E-state index in [1.165, 1.54) is 19.4 Å². The Balaban J connectivity index is 1.88. The fraction of sp³-hybridized carbons (Fsp3) is 0.800. The summed E-state index contributed by atoms with van der Waals surface area (Å²) in [6.07, 6.45) is 2.41. The summed E-state index contributed by atoms with van der Waals surface area (Å²) < 4.78 is 5.05. The Morgan fingerprint density at radius 3 is 3.13 bits per heavy atom. The van der Waals surface area contributed by atoms with Crippen molar-refractivity contribution < 1.29 is 4.52 Å². The highest BCUT2D eigenvalue weighted by molar-refractivity contribution is 5.20. The Morgan fingerprint density at radius 1 is 1.60 bits per heavy atom. The molecule has 5 heteroatoms. The number of nitrogens with one attached hydrogen (secondary N) is 1. The van der Waals surface area contributed by atoms with Crippen molar-refractivity contribution in [2.24, 2.45) is 0 Å². The number of likely N-dealkylation sites (tertiary alicyclic amines) is 1. The zero-order valence-corrected chi connectivity index (χ0v) is 9.36. The molecule has 1 aromatic heterocycles. The van der Waals surface area contributed by atoms with Crippen LogP contribution in [0.3, 0.4) is 0 Å². The molecule has 0 saturated carbocycles. The summed E-state index contributed by atoms with van der Waals surface area (Å²) in [5, 5.41) is 7.04. The number of piperidine rings is 1. The minimum atomic E-state index is 0.443. The van der Waals surface area contributed by atoms with Crippen LogP contribution < -0.4 is 5.32 Å². The number of aryl methyl sites for hydroxylation is 1. The van der Waals surface area contributed by atoms with Crippen molar-refractivity contribution in [3.8, 4) is 0 Å². The Labute approximate surface area is 89.8 Å². The van der Waals surface area contributed by atoms with Gasteiger partial charge in [-0.05, 0) is 32.9 Å². The molecule has 5 nitrogen and oxygen atoms in total. The summed E-state index contributed by atoms with van der Waals surface area (Å²) in [5.74, 6) is 0.681. The molecule has 0 spiro atoms. The monoisotopic (exact) mass is 210 g/mol. The molecule has 2 heterocycles. The van der Waals surface area contributed by atoms with Gasteiger partial charge in [0.1, 0.15) is 0 Å². The molecular formula is C10H18N4O. The second-order valence-corrected chi connectivity index (χ2v) is 4.02. The maximum absolute atomic E-state index is 5.05. The predicted molar refractivity (Wildman–Crippen MR) is 57.8 cm³/mol. The van der Waals surface area contributed by atoms with Crippen molar-refractivity contribution in [3.63, 3.8) is 0 Å². The van der Waals surface area contributed by atoms with Gasteiger partial charge in [0, 0.05) is 12.6 Å². The standard InChI is InChI=1S/C10H18N4O/c1-3-14-6-4-5-9(7-14)12-10-11-8(2)13-15-10/h9H,3-7H2,1-2H3,(H,11,12,13). The lowest BCUT2D eigenvalue weighted by atomic mass is 10.1. The van der Waals surface area contributed by atoms with E-state index >= 15 is 0 Å². The molecule has 15 heavy (non-hydrogen) atoms. The van der Waals surface area contributed by atoms with E-state index in [0.29, 0.717) is 17.9 Å². The number of hydrogen-bond acceptors (Lipinski definition) is 5. The lowest BCUT2D eigenvalue weighted by Crippen LogP contribution is -2.41. The van der Waals surface area contributed by atoms with Crippen LogP contribution in [0.15, 0.2) is 4.52 Å². The summed E-state index contributed by atoms with van der Waals surface area (Å²) >= 11 is 0. The highest BCUT2D eigenvalue weighted by Gasteiger charge is 2.19. The van der Waals surface area contributed by atoms with Gasteiger partial charge in [-0.2, -0.15) is 4.98 Å². The maximum atomic E-state index is 5.05. The normalized spacial score (nSPS) is 22.9. The Kier molecular flexibility index (Phi) is 3.20. The zero-order valence-electron chi connectivity index (χ0n) is 9.36. The van der Waals surface area contributed by atoms with Crippen molar-refractivity contribution in [3.05, 3.63) is 5.82 Å². The van der Waals surface area contributed by atoms with Crippen molar-refractivity contribution in [1.82, 2.24) is 15.0 Å². The number of likely N-dealkylation sites (N-methyl/N-ethyl adjacent to an activating group) is 1. The van der Waals surface area contributed by atoms with Gasteiger partial charge in [-0.25, -0.2) is 0 Å². The van der Waals surface area contributed by atoms with Crippen LogP contribution in [-0.4, -0.2) is 40.7 Å². The molecule has 0 aliphatic carbocycles. The summed E-state index contributed by atoms with van der Waals surface area (Å²) in [6, 6.07) is 0.994. The van der Waals surface area contributed by atoms with Gasteiger partial charge in [0.15, 0.2) is 5.82 Å². The molecule has 0 aromatic carbocycles. The van der Waals surface area contributed by atoms with Crippen LogP contribution in [-0.2, 0) is 0 Å². The van der Waals surface area contributed by atoms with E-state index in [2.05, 4.69) is 27.3 Å². The minimum Gasteiger partial charge on any atom is -0.334 e. The quantitative estimate of drug-likeness (QED) is 0.814. The largest absolute Gasteiger partial charge is 0.334 e. The van der Waals surface area contributed by atoms with Gasteiger partial charge in [-0.3, -0.25) is 0 Å². The number of nitrogens with zero attached hydrogens (tertiary/aromatic N) is 3. The Hall–Kier alpha value is -1.10. The summed E-state index contributed by atoms with van der Waals surface area (Å²) in [5.41, 5.74) is 0. The van der Waals surface area contributed by atoms with Gasteiger partial charge in [0.2, 0.25) is 0 Å². The van der Waals surface area contributed by atoms with Crippen LogP contribution in [0.5, 0.6) is 0 Å². The third-order valence-electron chi connectivity index (χ3n) is 2.81. The first-order valence-electron chi connectivity index (χ1n) is 5.57. The fourth-order valence-electron chi connectivity index (χ4n) is 1.99. The van der Waals surface area contributed by atoms with Crippen LogP contribution >= 0.6 is 0 Å². The molecular weight excluding hydrogens is 192 g/mol. The van der Waals surface area contributed by atoms with E-state index < -0.39 is 0 Å². The lowest BCUT2D eigenvalue weighted by molar-refractivity contribution is 0.224. The average Bonchev–Trinajstić information content (AvgIpc) is 2.64. The first kappa shape index (κ1) is 10.4. The van der Waals surface area contributed by atoms with Crippen LogP contribution in [0.4, 0.5) is 6.01 Å². The first-order valence-corrected chi connectivity index (χ1v) is 5.57. The molecule has 1 aromatic rings. The van der Waals surface area contributed by atoms with Gasteiger partial charge in [-0.1, -0.05) is 12.1 Å². The minimum absolute atomic E-state index is 0.443. The van der Waals surface area contributed by atoms with Gasteiger partial charge in [0.05, 0.1) is 0 Å². The number of anilines is 1. The molecule has 2 rings (SSSR count). The van der Waals surface area contributed by atoms with E-state index in [1.54, 1.807) is 0 Å². The molecule has 1 aliphatic rings. The van der Waals surface area contributed by atoms with Crippen LogP contribution in [0.2, 0.25) is 0 Å². The number of rotatable bonds is 3. The third kappa shape index (κ3) is 2.68. The molecule has 0 amide bonds. The van der Waals surface area contributed by atoms with Crippen LogP contribution in [0.25, 0.3) is 0 Å². The molecule has 84 valence electrons. The topological polar surface area (TPSA) is 54.2 Å². The molecule has 1 N–H and O–H groups in total. The Bertz CT molecular complexity index is 312. The van der Waals surface area contributed by atoms with E-state index in [4.69, 9.17) is 4.52 Å². The molecule has 1 atom stereocenters. The Morgan fingerprint density at radius 2 is 2.47 bits per heavy atom. The summed E-state index contributed by atoms with van der Waals surface area (Å²) in [4.78, 5) is 6.58. The highest BCUT2D eigenvalue weighted by atomic mass is 16.5. The third-order valence-corrected chi connectivity index (χ3v) is 2.81. The van der Waals surface area contributed by atoms with Crippen LogP contribution in [0, 0.1) is 6.92 Å². The second-order valence-electron chi connectivity index (χ2n) is 4.02. The number of hydrogen-bond donors (Lipinski definition) is 1. The molecule has 1 fully saturated rings. The molecule has 1 unspecified atom stereocenters. The van der Waals surface area contributed by atoms with Gasteiger partial charge < -0.3 is 14.7 Å². The van der Waals surface area contributed by atoms with E-state index in [1.807, 2.05) is 6.92 Å². The predicted octanol–water partition coefficient (Wildman–Crippen LogP) is 1.27. The SMILES string of the molecule is CCN1CCCC(Nc2nc(C)no2)C1. The van der Waals surface area contributed by atoms with E-state index in [0.717, 1.165) is 13.1 Å². The number of aromatic nitrogens is 2. The zero-order chi connectivity index (χ0) is 10.7. The molecule has 0 bridgehead atoms. The molecule has 1 saturated heterocycles. The van der Waals surface area contributed by atoms with Gasteiger partial charge in [-0.15, -0.1) is 0 Å². The van der Waals surface area contributed by atoms with Gasteiger partial charge in [0.25, 0.3) is 0 Å². The smallest absolute Gasteiger partial charge is 0.321 e. The average molecular weight is 210 g/mol. The van der Waals surface area contributed by atoms with Crippen molar-refractivity contribution in [2.75, 3.05) is 25.0 Å². The molecule has 0 radical (unpaired) electrons. The summed E-state index contributed by atoms with van der Waals surface area (Å²) in [7, 11) is 0. The summed E-state index contributed by atoms with van der Waals surface area (Å²) in [6.45, 7) is 7.41.